The fraction of sp³-hybridized carbons (Fsp3) is 0.350. The zero-order valence-electron chi connectivity index (χ0n) is 16.2. The summed E-state index contributed by atoms with van der Waals surface area (Å²) in [6.07, 6.45) is -0.153. The van der Waals surface area contributed by atoms with E-state index < -0.39 is 10.0 Å². The number of amides is 1. The van der Waals surface area contributed by atoms with Crippen molar-refractivity contribution in [3.63, 3.8) is 0 Å². The molecule has 2 aromatic carbocycles. The van der Waals surface area contributed by atoms with Crippen LogP contribution in [-0.4, -0.2) is 27.0 Å². The molecule has 1 amide bonds. The molecule has 2 aromatic rings. The summed E-state index contributed by atoms with van der Waals surface area (Å²) in [4.78, 5) is 13.6. The summed E-state index contributed by atoms with van der Waals surface area (Å²) in [5.41, 5.74) is 3.84. The molecule has 0 fully saturated rings. The van der Waals surface area contributed by atoms with Crippen LogP contribution in [0.4, 0.5) is 11.4 Å². The normalized spacial score (nSPS) is 16.5. The molecule has 1 N–H and O–H groups in total. The molecule has 0 bridgehead atoms. The first kappa shape index (κ1) is 19.2. The van der Waals surface area contributed by atoms with Gasteiger partial charge in [-0.25, -0.2) is 8.42 Å². The second-order valence-electron chi connectivity index (χ2n) is 7.07. The van der Waals surface area contributed by atoms with Gasteiger partial charge in [0, 0.05) is 6.92 Å². The van der Waals surface area contributed by atoms with E-state index in [1.54, 1.807) is 11.0 Å². The summed E-state index contributed by atoms with van der Waals surface area (Å²) in [6, 6.07) is 8.46. The minimum absolute atomic E-state index is 0.0880. The highest BCUT2D eigenvalue weighted by Crippen LogP contribution is 2.36. The van der Waals surface area contributed by atoms with Crippen LogP contribution in [0, 0.1) is 20.8 Å². The van der Waals surface area contributed by atoms with Crippen molar-refractivity contribution in [2.24, 2.45) is 0 Å². The Bertz CT molecular complexity index is 992. The highest BCUT2D eigenvalue weighted by Gasteiger charge is 2.28. The number of hydrogen-bond donors (Lipinski definition) is 1. The third kappa shape index (κ3) is 3.78. The Kier molecular flexibility index (Phi) is 4.90. The molecule has 27 heavy (non-hydrogen) atoms. The zero-order valence-corrected chi connectivity index (χ0v) is 17.0. The number of aryl methyl sites for hydroxylation is 3. The van der Waals surface area contributed by atoms with Gasteiger partial charge in [-0.3, -0.25) is 9.52 Å². The van der Waals surface area contributed by atoms with Gasteiger partial charge in [0.15, 0.2) is 0 Å². The maximum Gasteiger partial charge on any atom is 0.261 e. The first-order valence-electron chi connectivity index (χ1n) is 8.78. The van der Waals surface area contributed by atoms with Crippen molar-refractivity contribution in [1.82, 2.24) is 0 Å². The van der Waals surface area contributed by atoms with Crippen LogP contribution in [-0.2, 0) is 14.8 Å². The van der Waals surface area contributed by atoms with Gasteiger partial charge in [-0.15, -0.1) is 0 Å². The minimum Gasteiger partial charge on any atom is -0.487 e. The van der Waals surface area contributed by atoms with Crippen molar-refractivity contribution in [2.75, 3.05) is 16.2 Å². The van der Waals surface area contributed by atoms with Gasteiger partial charge in [0.25, 0.3) is 10.0 Å². The van der Waals surface area contributed by atoms with E-state index in [0.717, 1.165) is 16.7 Å². The van der Waals surface area contributed by atoms with Gasteiger partial charge < -0.3 is 9.64 Å². The Balaban J connectivity index is 2.02. The Morgan fingerprint density at radius 2 is 1.78 bits per heavy atom. The van der Waals surface area contributed by atoms with Gasteiger partial charge in [0.05, 0.1) is 22.8 Å². The minimum atomic E-state index is -3.81. The largest absolute Gasteiger partial charge is 0.487 e. The molecule has 1 aliphatic heterocycles. The monoisotopic (exact) mass is 388 g/mol. The highest BCUT2D eigenvalue weighted by molar-refractivity contribution is 7.92. The molecule has 0 radical (unpaired) electrons. The summed E-state index contributed by atoms with van der Waals surface area (Å²) in [5.74, 6) is 0.352. The van der Waals surface area contributed by atoms with E-state index in [1.807, 2.05) is 39.8 Å². The van der Waals surface area contributed by atoms with Crippen molar-refractivity contribution < 1.29 is 17.9 Å². The molecule has 1 unspecified atom stereocenters. The van der Waals surface area contributed by atoms with E-state index in [1.165, 1.54) is 19.1 Å². The zero-order chi connectivity index (χ0) is 19.9. The van der Waals surface area contributed by atoms with Crippen molar-refractivity contribution in [2.45, 2.75) is 45.6 Å². The van der Waals surface area contributed by atoms with Gasteiger partial charge in [-0.05, 0) is 57.0 Å². The molecule has 6 nitrogen and oxygen atoms in total. The number of carbonyl (C=O) groups is 1. The standard InChI is InChI=1S/C20H24N2O4S/c1-12-8-13(2)20(14(3)9-12)21-27(24,25)17-6-7-19-18(10-17)22(16(5)23)11-15(4)26-19/h6-10,15,21H,11H2,1-5H3. The molecule has 1 heterocycles. The molecule has 1 atom stereocenters. The van der Waals surface area contributed by atoms with Gasteiger partial charge in [-0.1, -0.05) is 17.7 Å². The second kappa shape index (κ2) is 6.88. The summed E-state index contributed by atoms with van der Waals surface area (Å²) in [5, 5.41) is 0. The number of carbonyl (C=O) groups excluding carboxylic acids is 1. The Labute approximate surface area is 160 Å². The smallest absolute Gasteiger partial charge is 0.261 e. The van der Waals surface area contributed by atoms with Gasteiger partial charge >= 0.3 is 0 Å². The predicted molar refractivity (Wildman–Crippen MR) is 106 cm³/mol. The van der Waals surface area contributed by atoms with Crippen LogP contribution in [0.25, 0.3) is 0 Å². The predicted octanol–water partition coefficient (Wildman–Crippen LogP) is 3.55. The van der Waals surface area contributed by atoms with Crippen LogP contribution in [0.2, 0.25) is 0 Å². The third-order valence-electron chi connectivity index (χ3n) is 4.59. The van der Waals surface area contributed by atoms with E-state index >= 15 is 0 Å². The molecule has 0 saturated carbocycles. The summed E-state index contributed by atoms with van der Waals surface area (Å²) in [6.45, 7) is 9.43. The average Bonchev–Trinajstić information content (AvgIpc) is 2.56. The third-order valence-corrected chi connectivity index (χ3v) is 5.94. The summed E-state index contributed by atoms with van der Waals surface area (Å²) in [7, 11) is -3.81. The van der Waals surface area contributed by atoms with Crippen LogP contribution in [0.1, 0.15) is 30.5 Å². The van der Waals surface area contributed by atoms with E-state index in [9.17, 15) is 13.2 Å². The highest BCUT2D eigenvalue weighted by atomic mass is 32.2. The SMILES string of the molecule is CC(=O)N1CC(C)Oc2ccc(S(=O)(=O)Nc3c(C)cc(C)cc3C)cc21. The quantitative estimate of drug-likeness (QED) is 0.872. The number of nitrogens with zero attached hydrogens (tertiary/aromatic N) is 1. The fourth-order valence-electron chi connectivity index (χ4n) is 3.42. The number of benzene rings is 2. The van der Waals surface area contributed by atoms with Crippen molar-refractivity contribution >= 4 is 27.3 Å². The molecule has 7 heteroatoms. The second-order valence-corrected chi connectivity index (χ2v) is 8.75. The molecule has 0 aliphatic carbocycles. The van der Waals surface area contributed by atoms with Crippen LogP contribution in [0.5, 0.6) is 5.75 Å². The average molecular weight is 388 g/mol. The number of nitrogens with one attached hydrogen (secondary N) is 1. The maximum atomic E-state index is 13.0. The first-order valence-corrected chi connectivity index (χ1v) is 10.3. The van der Waals surface area contributed by atoms with E-state index in [2.05, 4.69) is 4.72 Å². The van der Waals surface area contributed by atoms with Gasteiger partial charge in [0.2, 0.25) is 5.91 Å². The van der Waals surface area contributed by atoms with Crippen molar-refractivity contribution in [3.8, 4) is 5.75 Å². The van der Waals surface area contributed by atoms with Crippen LogP contribution < -0.4 is 14.4 Å². The lowest BCUT2D eigenvalue weighted by Gasteiger charge is -2.33. The number of sulfonamides is 1. The van der Waals surface area contributed by atoms with Gasteiger partial charge in [0.1, 0.15) is 11.9 Å². The molecule has 144 valence electrons. The van der Waals surface area contributed by atoms with E-state index in [4.69, 9.17) is 4.74 Å². The van der Waals surface area contributed by atoms with Crippen molar-refractivity contribution in [3.05, 3.63) is 47.0 Å². The number of ether oxygens (including phenoxy) is 1. The first-order chi connectivity index (χ1) is 12.6. The lowest BCUT2D eigenvalue weighted by molar-refractivity contribution is -0.117. The number of rotatable bonds is 3. The lowest BCUT2D eigenvalue weighted by atomic mass is 10.1. The molecule has 3 rings (SSSR count). The number of fused-ring (bicyclic) bond motifs is 1. The molecular weight excluding hydrogens is 364 g/mol. The molecule has 1 aliphatic rings. The summed E-state index contributed by atoms with van der Waals surface area (Å²) < 4.78 is 34.4. The van der Waals surface area contributed by atoms with Crippen LogP contribution in [0.3, 0.4) is 0 Å². The molecule has 0 saturated heterocycles. The van der Waals surface area contributed by atoms with Crippen molar-refractivity contribution in [1.29, 1.82) is 0 Å². The molecule has 0 spiro atoms. The Morgan fingerprint density at radius 1 is 1.15 bits per heavy atom. The molecule has 0 aromatic heterocycles. The summed E-state index contributed by atoms with van der Waals surface area (Å²) >= 11 is 0. The van der Waals surface area contributed by atoms with E-state index in [-0.39, 0.29) is 16.9 Å². The topological polar surface area (TPSA) is 75.7 Å². The molecular formula is C20H24N2O4S. The lowest BCUT2D eigenvalue weighted by Crippen LogP contribution is -2.41. The Morgan fingerprint density at radius 3 is 2.37 bits per heavy atom. The fourth-order valence-corrected chi connectivity index (χ4v) is 4.64. The Hall–Kier alpha value is -2.54. The van der Waals surface area contributed by atoms with Gasteiger partial charge in [-0.2, -0.15) is 0 Å². The maximum absolute atomic E-state index is 13.0. The van der Waals surface area contributed by atoms with Crippen LogP contribution in [0.15, 0.2) is 35.2 Å². The van der Waals surface area contributed by atoms with Crippen LogP contribution >= 0.6 is 0 Å². The number of anilines is 2. The number of hydrogen-bond acceptors (Lipinski definition) is 4. The van der Waals surface area contributed by atoms with E-state index in [0.29, 0.717) is 23.7 Å².